The Hall–Kier alpha value is -2.58. The SMILES string of the molecule is C=S(=O)(Oc1cccc(Cl)c1C)c1cccc(-c2ccc(-c3cc(C(C)(C)O)[nH]n3)s2)c1. The van der Waals surface area contributed by atoms with E-state index in [-0.39, 0.29) is 0 Å². The summed E-state index contributed by atoms with van der Waals surface area (Å²) in [6, 6.07) is 18.4. The predicted octanol–water partition coefficient (Wildman–Crippen LogP) is 6.06. The van der Waals surface area contributed by atoms with Crippen LogP contribution < -0.4 is 4.18 Å². The van der Waals surface area contributed by atoms with Crippen molar-refractivity contribution in [2.24, 2.45) is 0 Å². The minimum absolute atomic E-state index is 0.447. The first-order valence-electron chi connectivity index (χ1n) is 9.85. The van der Waals surface area contributed by atoms with Crippen LogP contribution in [0.1, 0.15) is 25.1 Å². The minimum atomic E-state index is -3.04. The van der Waals surface area contributed by atoms with Crippen molar-refractivity contribution in [1.29, 1.82) is 0 Å². The molecule has 0 radical (unpaired) electrons. The summed E-state index contributed by atoms with van der Waals surface area (Å²) in [6.45, 7) is 5.23. The fourth-order valence-electron chi connectivity index (χ4n) is 3.11. The number of H-pyrrole nitrogens is 1. The zero-order valence-corrected chi connectivity index (χ0v) is 20.3. The number of hydrogen-bond donors (Lipinski definition) is 2. The normalized spacial score (nSPS) is 13.7. The Bertz CT molecular complexity index is 1380. The van der Waals surface area contributed by atoms with Gasteiger partial charge in [0.05, 0.1) is 15.5 Å². The average Bonchev–Trinajstić information content (AvgIpc) is 3.41. The number of benzene rings is 2. The second-order valence-electron chi connectivity index (χ2n) is 7.98. The second kappa shape index (κ2) is 8.41. The van der Waals surface area contributed by atoms with Crippen molar-refractivity contribution < 1.29 is 13.5 Å². The van der Waals surface area contributed by atoms with E-state index in [0.29, 0.717) is 26.9 Å². The number of thiophene rings is 1. The summed E-state index contributed by atoms with van der Waals surface area (Å²) in [5.41, 5.74) is 2.04. The molecule has 2 N–H and O–H groups in total. The summed E-state index contributed by atoms with van der Waals surface area (Å²) in [5.74, 6) is 4.29. The lowest BCUT2D eigenvalue weighted by Gasteiger charge is -2.15. The topological polar surface area (TPSA) is 75.2 Å². The smallest absolute Gasteiger partial charge is 0.147 e. The maximum Gasteiger partial charge on any atom is 0.147 e. The standard InChI is InChI=1S/C24H23ClN2O3S2/c1-15-18(25)9-6-10-20(15)30-32(4,29)17-8-5-7-16(13-17)21-11-12-22(31-21)19-14-23(27-26-19)24(2,3)28/h5-14,28H,4H2,1-3H3,(H,26,27). The molecule has 0 aliphatic heterocycles. The average molecular weight is 487 g/mol. The van der Waals surface area contributed by atoms with Crippen LogP contribution in [-0.4, -0.2) is 25.4 Å². The van der Waals surface area contributed by atoms with Gasteiger partial charge >= 0.3 is 0 Å². The highest BCUT2D eigenvalue weighted by Gasteiger charge is 2.20. The molecule has 0 bridgehead atoms. The summed E-state index contributed by atoms with van der Waals surface area (Å²) in [4.78, 5) is 2.44. The van der Waals surface area contributed by atoms with Crippen molar-refractivity contribution in [1.82, 2.24) is 10.2 Å². The summed E-state index contributed by atoms with van der Waals surface area (Å²) in [5, 5.41) is 17.9. The summed E-state index contributed by atoms with van der Waals surface area (Å²) in [6.07, 6.45) is 0. The molecule has 2 aromatic carbocycles. The molecular weight excluding hydrogens is 464 g/mol. The van der Waals surface area contributed by atoms with E-state index in [1.54, 1.807) is 49.4 Å². The molecule has 1 atom stereocenters. The van der Waals surface area contributed by atoms with Gasteiger partial charge in [0.25, 0.3) is 0 Å². The van der Waals surface area contributed by atoms with E-state index in [1.807, 2.05) is 43.3 Å². The highest BCUT2D eigenvalue weighted by atomic mass is 35.5. The highest BCUT2D eigenvalue weighted by molar-refractivity contribution is 7.96. The number of aliphatic hydroxyl groups is 1. The van der Waals surface area contributed by atoms with Gasteiger partial charge in [0.15, 0.2) is 0 Å². The fourth-order valence-corrected chi connectivity index (χ4v) is 5.39. The molecule has 166 valence electrons. The lowest BCUT2D eigenvalue weighted by Crippen LogP contribution is -2.15. The van der Waals surface area contributed by atoms with Crippen molar-refractivity contribution in [2.45, 2.75) is 31.3 Å². The van der Waals surface area contributed by atoms with Gasteiger partial charge < -0.3 is 9.29 Å². The Morgan fingerprint density at radius 2 is 1.84 bits per heavy atom. The summed E-state index contributed by atoms with van der Waals surface area (Å²) >= 11 is 7.72. The Kier molecular flexibility index (Phi) is 5.94. The molecule has 0 saturated carbocycles. The third-order valence-corrected chi connectivity index (χ3v) is 8.00. The highest BCUT2D eigenvalue weighted by Crippen LogP contribution is 2.36. The first-order chi connectivity index (χ1) is 15.0. The quantitative estimate of drug-likeness (QED) is 0.324. The van der Waals surface area contributed by atoms with E-state index in [1.165, 1.54) is 0 Å². The third-order valence-electron chi connectivity index (χ3n) is 5.02. The van der Waals surface area contributed by atoms with Gasteiger partial charge in [-0.2, -0.15) is 5.10 Å². The Morgan fingerprint density at radius 3 is 2.56 bits per heavy atom. The van der Waals surface area contributed by atoms with Gasteiger partial charge in [-0.3, -0.25) is 5.10 Å². The summed E-state index contributed by atoms with van der Waals surface area (Å²) in [7, 11) is -3.04. The molecule has 0 aliphatic carbocycles. The Morgan fingerprint density at radius 1 is 1.12 bits per heavy atom. The van der Waals surface area contributed by atoms with E-state index >= 15 is 0 Å². The van der Waals surface area contributed by atoms with E-state index in [4.69, 9.17) is 15.8 Å². The van der Waals surface area contributed by atoms with Gasteiger partial charge in [-0.05, 0) is 74.7 Å². The van der Waals surface area contributed by atoms with Crippen LogP contribution in [0.3, 0.4) is 0 Å². The Labute approximate surface area is 196 Å². The molecule has 1 unspecified atom stereocenters. The first-order valence-corrected chi connectivity index (χ1v) is 12.7. The van der Waals surface area contributed by atoms with E-state index in [9.17, 15) is 9.32 Å². The molecule has 0 spiro atoms. The van der Waals surface area contributed by atoms with Crippen molar-refractivity contribution in [3.63, 3.8) is 0 Å². The molecule has 8 heteroatoms. The van der Waals surface area contributed by atoms with Gasteiger partial charge in [-0.1, -0.05) is 29.8 Å². The van der Waals surface area contributed by atoms with Crippen LogP contribution in [0.5, 0.6) is 5.75 Å². The largest absolute Gasteiger partial charge is 0.405 e. The molecule has 0 fully saturated rings. The molecule has 4 aromatic rings. The molecule has 0 amide bonds. The third kappa shape index (κ3) is 4.61. The predicted molar refractivity (Wildman–Crippen MR) is 133 cm³/mol. The van der Waals surface area contributed by atoms with E-state index in [0.717, 1.165) is 21.0 Å². The molecule has 2 heterocycles. The monoisotopic (exact) mass is 486 g/mol. The van der Waals surface area contributed by atoms with Gasteiger partial charge in [0.2, 0.25) is 0 Å². The minimum Gasteiger partial charge on any atom is -0.405 e. The van der Waals surface area contributed by atoms with Crippen LogP contribution in [0.2, 0.25) is 5.02 Å². The number of aromatic nitrogens is 2. The lowest BCUT2D eigenvalue weighted by molar-refractivity contribution is 0.0738. The number of halogens is 1. The van der Waals surface area contributed by atoms with Gasteiger partial charge in [0, 0.05) is 15.5 Å². The molecule has 0 aliphatic rings. The number of hydrogen-bond acceptors (Lipinski definition) is 5. The number of nitrogens with one attached hydrogen (secondary N) is 1. The molecule has 32 heavy (non-hydrogen) atoms. The zero-order chi connectivity index (χ0) is 23.1. The fraction of sp³-hybridized carbons (Fsp3) is 0.167. The van der Waals surface area contributed by atoms with Crippen molar-refractivity contribution >= 4 is 38.6 Å². The molecular formula is C24H23ClN2O3S2. The van der Waals surface area contributed by atoms with Crippen LogP contribution in [-0.2, 0) is 15.4 Å². The van der Waals surface area contributed by atoms with E-state index < -0.39 is 15.4 Å². The second-order valence-corrected chi connectivity index (χ2v) is 11.3. The zero-order valence-electron chi connectivity index (χ0n) is 17.9. The maximum absolute atomic E-state index is 13.3. The van der Waals surface area contributed by atoms with Crippen LogP contribution in [0.25, 0.3) is 21.0 Å². The first kappa shape index (κ1) is 22.6. The summed E-state index contributed by atoms with van der Waals surface area (Å²) < 4.78 is 19.1. The van der Waals surface area contributed by atoms with Crippen molar-refractivity contribution in [3.8, 4) is 26.8 Å². The number of aromatic amines is 1. The maximum atomic E-state index is 13.3. The van der Waals surface area contributed by atoms with E-state index in [2.05, 4.69) is 16.1 Å². The van der Waals surface area contributed by atoms with Crippen LogP contribution in [0.4, 0.5) is 0 Å². The molecule has 4 rings (SSSR count). The van der Waals surface area contributed by atoms with Crippen LogP contribution >= 0.6 is 22.9 Å². The lowest BCUT2D eigenvalue weighted by atomic mass is 10.1. The van der Waals surface area contributed by atoms with Gasteiger partial charge in [-0.25, -0.2) is 4.21 Å². The van der Waals surface area contributed by atoms with Crippen LogP contribution in [0.15, 0.2) is 65.6 Å². The van der Waals surface area contributed by atoms with Crippen molar-refractivity contribution in [3.05, 3.63) is 76.9 Å². The number of nitrogens with zero attached hydrogens (tertiary/aromatic N) is 1. The van der Waals surface area contributed by atoms with Crippen molar-refractivity contribution in [2.75, 3.05) is 0 Å². The number of rotatable bonds is 6. The van der Waals surface area contributed by atoms with Gasteiger partial charge in [-0.15, -0.1) is 11.3 Å². The van der Waals surface area contributed by atoms with Crippen LogP contribution in [0, 0.1) is 6.92 Å². The van der Waals surface area contributed by atoms with Gasteiger partial charge in [0.1, 0.15) is 26.8 Å². The molecule has 2 aromatic heterocycles. The molecule has 5 nitrogen and oxygen atoms in total. The molecule has 0 saturated heterocycles. The Balaban J connectivity index is 1.62.